The number of halogens is 2. The Kier molecular flexibility index (Phi) is 2.49. The van der Waals surface area contributed by atoms with Crippen molar-refractivity contribution in [1.82, 2.24) is 4.98 Å². The Balaban J connectivity index is 3.37. The molecule has 0 fully saturated rings. The van der Waals surface area contributed by atoms with Crippen LogP contribution < -0.4 is 0 Å². The molecule has 0 aliphatic carbocycles. The van der Waals surface area contributed by atoms with E-state index in [1.165, 1.54) is 13.0 Å². The number of nitrogens with zero attached hydrogens (tertiary/aromatic N) is 2. The van der Waals surface area contributed by atoms with Crippen LogP contribution in [0.25, 0.3) is 0 Å². The minimum absolute atomic E-state index is 0.0253. The van der Waals surface area contributed by atoms with Gasteiger partial charge in [-0.15, -0.1) is 0 Å². The molecule has 1 rings (SSSR count). The van der Waals surface area contributed by atoms with Gasteiger partial charge in [0.05, 0.1) is 16.6 Å². The van der Waals surface area contributed by atoms with Gasteiger partial charge in [0.1, 0.15) is 10.3 Å². The number of hydrogen-bond donors (Lipinski definition) is 0. The van der Waals surface area contributed by atoms with Gasteiger partial charge in [-0.3, -0.25) is 10.1 Å². The first-order chi connectivity index (χ1) is 5.52. The van der Waals surface area contributed by atoms with Crippen molar-refractivity contribution in [3.8, 4) is 0 Å². The summed E-state index contributed by atoms with van der Waals surface area (Å²) in [4.78, 5) is 13.5. The molecule has 0 aliphatic heterocycles. The van der Waals surface area contributed by atoms with Crippen LogP contribution in [0.1, 0.15) is 5.56 Å². The molecule has 0 aliphatic rings. The maximum Gasteiger partial charge on any atom is 0.278 e. The van der Waals surface area contributed by atoms with Crippen LogP contribution in [0.2, 0.25) is 10.3 Å². The van der Waals surface area contributed by atoms with Gasteiger partial charge in [0.2, 0.25) is 0 Å². The van der Waals surface area contributed by atoms with Crippen molar-refractivity contribution in [2.24, 2.45) is 0 Å². The van der Waals surface area contributed by atoms with E-state index in [2.05, 4.69) is 4.98 Å². The summed E-state index contributed by atoms with van der Waals surface area (Å²) in [5, 5.41) is 10.5. The molecule has 0 saturated carbocycles. The first kappa shape index (κ1) is 9.22. The topological polar surface area (TPSA) is 56.0 Å². The number of nitro groups is 1. The van der Waals surface area contributed by atoms with Gasteiger partial charge in [-0.25, -0.2) is 4.98 Å². The van der Waals surface area contributed by atoms with Crippen LogP contribution in [-0.4, -0.2) is 9.91 Å². The fourth-order valence-corrected chi connectivity index (χ4v) is 1.15. The van der Waals surface area contributed by atoms with Crippen molar-refractivity contribution in [1.29, 1.82) is 0 Å². The molecule has 0 N–H and O–H groups in total. The summed E-state index contributed by atoms with van der Waals surface area (Å²) in [6.07, 6.45) is 0. The van der Waals surface area contributed by atoms with Crippen LogP contribution in [0, 0.1) is 17.0 Å². The van der Waals surface area contributed by atoms with E-state index >= 15 is 0 Å². The lowest BCUT2D eigenvalue weighted by atomic mass is 10.3. The Morgan fingerprint density at radius 2 is 2.17 bits per heavy atom. The lowest BCUT2D eigenvalue weighted by Crippen LogP contribution is -1.94. The molecular formula is C6H4Cl2N2O2. The predicted molar refractivity (Wildman–Crippen MR) is 45.6 cm³/mol. The van der Waals surface area contributed by atoms with Crippen LogP contribution >= 0.6 is 23.2 Å². The van der Waals surface area contributed by atoms with Gasteiger partial charge in [0.25, 0.3) is 5.69 Å². The molecule has 1 aromatic heterocycles. The first-order valence-corrected chi connectivity index (χ1v) is 3.75. The molecule has 0 saturated heterocycles. The van der Waals surface area contributed by atoms with E-state index in [0.29, 0.717) is 5.56 Å². The van der Waals surface area contributed by atoms with E-state index in [1.54, 1.807) is 0 Å². The third-order valence-electron chi connectivity index (χ3n) is 1.35. The largest absolute Gasteiger partial charge is 0.278 e. The van der Waals surface area contributed by atoms with Crippen LogP contribution in [0.3, 0.4) is 0 Å². The molecule has 64 valence electrons. The molecule has 4 nitrogen and oxygen atoms in total. The average Bonchev–Trinajstić information content (AvgIpc) is 1.96. The molecule has 0 aromatic carbocycles. The summed E-state index contributed by atoms with van der Waals surface area (Å²) in [6, 6.07) is 1.17. The molecule has 0 unspecified atom stereocenters. The van der Waals surface area contributed by atoms with Crippen molar-refractivity contribution in [3.63, 3.8) is 0 Å². The van der Waals surface area contributed by atoms with Gasteiger partial charge in [-0.1, -0.05) is 23.2 Å². The van der Waals surface area contributed by atoms with E-state index in [4.69, 9.17) is 23.2 Å². The Hall–Kier alpha value is -0.870. The Labute approximate surface area is 78.3 Å². The highest BCUT2D eigenvalue weighted by molar-refractivity contribution is 6.33. The highest BCUT2D eigenvalue weighted by atomic mass is 35.5. The third-order valence-corrected chi connectivity index (χ3v) is 1.91. The van der Waals surface area contributed by atoms with Crippen molar-refractivity contribution in [2.45, 2.75) is 6.92 Å². The quantitative estimate of drug-likeness (QED) is 0.404. The van der Waals surface area contributed by atoms with Crippen LogP contribution in [0.4, 0.5) is 5.69 Å². The minimum Gasteiger partial charge on any atom is -0.258 e. The van der Waals surface area contributed by atoms with Gasteiger partial charge >= 0.3 is 0 Å². The predicted octanol–water partition coefficient (Wildman–Crippen LogP) is 2.61. The Morgan fingerprint density at radius 3 is 2.67 bits per heavy atom. The summed E-state index contributed by atoms with van der Waals surface area (Å²) in [5.41, 5.74) is 0.214. The second kappa shape index (κ2) is 3.25. The molecule has 0 atom stereocenters. The minimum atomic E-state index is -0.547. The fourth-order valence-electron chi connectivity index (χ4n) is 0.726. The fraction of sp³-hybridized carbons (Fsp3) is 0.167. The number of hydrogen-bond acceptors (Lipinski definition) is 3. The smallest absolute Gasteiger partial charge is 0.258 e. The van der Waals surface area contributed by atoms with E-state index in [0.717, 1.165) is 0 Å². The summed E-state index contributed by atoms with van der Waals surface area (Å²) >= 11 is 11.0. The average molecular weight is 207 g/mol. The zero-order valence-electron chi connectivity index (χ0n) is 6.04. The van der Waals surface area contributed by atoms with Crippen molar-refractivity contribution < 1.29 is 4.92 Å². The summed E-state index contributed by atoms with van der Waals surface area (Å²) in [5.74, 6) is 0. The number of aromatic nitrogens is 1. The molecule has 6 heteroatoms. The first-order valence-electron chi connectivity index (χ1n) is 2.99. The summed E-state index contributed by atoms with van der Waals surface area (Å²) in [6.45, 7) is 1.52. The molecule has 12 heavy (non-hydrogen) atoms. The molecule has 0 radical (unpaired) electrons. The van der Waals surface area contributed by atoms with Gasteiger partial charge in [0.15, 0.2) is 0 Å². The normalized spacial score (nSPS) is 9.92. The molecule has 0 amide bonds. The zero-order chi connectivity index (χ0) is 9.30. The van der Waals surface area contributed by atoms with Crippen LogP contribution in [0.15, 0.2) is 6.07 Å². The van der Waals surface area contributed by atoms with Crippen LogP contribution in [0.5, 0.6) is 0 Å². The SMILES string of the molecule is Cc1c([N+](=O)[O-])cc(Cl)nc1Cl. The van der Waals surface area contributed by atoms with Crippen molar-refractivity contribution >= 4 is 28.9 Å². The van der Waals surface area contributed by atoms with Gasteiger partial charge < -0.3 is 0 Å². The van der Waals surface area contributed by atoms with Crippen molar-refractivity contribution in [3.05, 3.63) is 32.1 Å². The maximum atomic E-state index is 10.4. The van der Waals surface area contributed by atoms with Gasteiger partial charge in [-0.05, 0) is 6.92 Å². The third kappa shape index (κ3) is 1.65. The standard InChI is InChI=1S/C6H4Cl2N2O2/c1-3-4(10(11)12)2-5(7)9-6(3)8/h2H,1H3. The number of rotatable bonds is 1. The summed E-state index contributed by atoms with van der Waals surface area (Å²) < 4.78 is 0. The van der Waals surface area contributed by atoms with Gasteiger partial charge in [0, 0.05) is 0 Å². The van der Waals surface area contributed by atoms with E-state index < -0.39 is 4.92 Å². The lowest BCUT2D eigenvalue weighted by molar-refractivity contribution is -0.385. The Bertz CT molecular complexity index is 341. The number of pyridine rings is 1. The highest BCUT2D eigenvalue weighted by Crippen LogP contribution is 2.26. The zero-order valence-corrected chi connectivity index (χ0v) is 7.56. The van der Waals surface area contributed by atoms with Crippen LogP contribution in [-0.2, 0) is 0 Å². The maximum absolute atomic E-state index is 10.4. The Morgan fingerprint density at radius 1 is 1.58 bits per heavy atom. The molecular weight excluding hydrogens is 203 g/mol. The van der Waals surface area contributed by atoms with Gasteiger partial charge in [-0.2, -0.15) is 0 Å². The molecule has 0 spiro atoms. The van der Waals surface area contributed by atoms with E-state index in [9.17, 15) is 10.1 Å². The second-order valence-corrected chi connectivity index (χ2v) is 2.88. The highest BCUT2D eigenvalue weighted by Gasteiger charge is 2.15. The second-order valence-electron chi connectivity index (χ2n) is 2.14. The molecule has 1 heterocycles. The molecule has 0 bridgehead atoms. The lowest BCUT2D eigenvalue weighted by Gasteiger charge is -1.98. The van der Waals surface area contributed by atoms with Crippen molar-refractivity contribution in [2.75, 3.05) is 0 Å². The summed E-state index contributed by atoms with van der Waals surface area (Å²) in [7, 11) is 0. The molecule has 1 aromatic rings. The van der Waals surface area contributed by atoms with E-state index in [1.807, 2.05) is 0 Å². The monoisotopic (exact) mass is 206 g/mol. The van der Waals surface area contributed by atoms with E-state index in [-0.39, 0.29) is 16.0 Å².